The largest absolute Gasteiger partial charge is 0.490 e. The summed E-state index contributed by atoms with van der Waals surface area (Å²) in [6, 6.07) is 21.3. The van der Waals surface area contributed by atoms with Crippen LogP contribution < -0.4 is 19.7 Å². The Hall–Kier alpha value is -4.50. The van der Waals surface area contributed by atoms with Crippen LogP contribution in [0.4, 0.5) is 14.9 Å². The van der Waals surface area contributed by atoms with Crippen LogP contribution in [0.25, 0.3) is 16.8 Å². The molecule has 0 atom stereocenters. The molecular formula is C30H22BrFN2O5. The van der Waals surface area contributed by atoms with Crippen LogP contribution in [-0.4, -0.2) is 24.5 Å². The highest BCUT2D eigenvalue weighted by molar-refractivity contribution is 9.10. The van der Waals surface area contributed by atoms with Gasteiger partial charge < -0.3 is 9.47 Å². The van der Waals surface area contributed by atoms with Crippen LogP contribution in [0, 0.1) is 5.82 Å². The number of anilines is 1. The number of rotatable bonds is 7. The zero-order valence-corrected chi connectivity index (χ0v) is 22.3. The molecule has 0 saturated carbocycles. The number of imide groups is 2. The number of barbiturate groups is 1. The normalized spacial score (nSPS) is 14.6. The molecule has 1 N–H and O–H groups in total. The molecule has 1 aliphatic heterocycles. The van der Waals surface area contributed by atoms with E-state index in [1.165, 1.54) is 18.2 Å². The fourth-order valence-electron chi connectivity index (χ4n) is 4.29. The number of hydrogen-bond acceptors (Lipinski definition) is 5. The molecule has 4 aromatic carbocycles. The number of nitrogens with one attached hydrogen (secondary N) is 1. The Kier molecular flexibility index (Phi) is 7.42. The molecular weight excluding hydrogens is 567 g/mol. The van der Waals surface area contributed by atoms with E-state index in [1.54, 1.807) is 12.1 Å². The molecule has 7 nitrogen and oxygen atoms in total. The second-order valence-electron chi connectivity index (χ2n) is 8.62. The lowest BCUT2D eigenvalue weighted by molar-refractivity contribution is -0.122. The second kappa shape index (κ2) is 11.1. The first-order valence-electron chi connectivity index (χ1n) is 12.1. The summed E-state index contributed by atoms with van der Waals surface area (Å²) in [5.41, 5.74) is 1.33. The first-order valence-corrected chi connectivity index (χ1v) is 12.9. The first kappa shape index (κ1) is 26.1. The van der Waals surface area contributed by atoms with Crippen molar-refractivity contribution in [3.63, 3.8) is 0 Å². The molecule has 0 radical (unpaired) electrons. The number of amides is 4. The van der Waals surface area contributed by atoms with Crippen molar-refractivity contribution in [3.8, 4) is 11.5 Å². The zero-order chi connectivity index (χ0) is 27.5. The summed E-state index contributed by atoms with van der Waals surface area (Å²) in [6.45, 7) is 2.47. The molecule has 0 unspecified atom stereocenters. The maximum Gasteiger partial charge on any atom is 0.335 e. The van der Waals surface area contributed by atoms with Crippen molar-refractivity contribution >= 4 is 56.3 Å². The summed E-state index contributed by atoms with van der Waals surface area (Å²) in [4.78, 5) is 39.0. The summed E-state index contributed by atoms with van der Waals surface area (Å²) < 4.78 is 25.9. The average Bonchev–Trinajstić information content (AvgIpc) is 2.92. The van der Waals surface area contributed by atoms with E-state index >= 15 is 0 Å². The lowest BCUT2D eigenvalue weighted by atomic mass is 10.1. The number of hydrogen-bond donors (Lipinski definition) is 1. The molecule has 196 valence electrons. The van der Waals surface area contributed by atoms with Gasteiger partial charge in [0.05, 0.1) is 16.8 Å². The van der Waals surface area contributed by atoms with Crippen LogP contribution in [0.1, 0.15) is 18.1 Å². The SMILES string of the molecule is CCOc1cc(/C=C2\C(=O)NC(=O)N(c3ccc(F)cc3)C2=O)cc(Br)c1OCc1cccc2ccccc12. The number of fused-ring (bicyclic) bond motifs is 1. The van der Waals surface area contributed by atoms with Crippen molar-refractivity contribution in [3.05, 3.63) is 106 Å². The standard InChI is InChI=1S/C30H22BrFN2O5/c1-2-38-26-16-18(14-24-28(35)33-30(37)34(29(24)36)22-12-10-21(32)11-13-22)15-25(31)27(26)39-17-20-8-5-7-19-6-3-4-9-23(19)20/h3-16H,2,17H2,1H3,(H,33,35,37)/b24-14+. The zero-order valence-electron chi connectivity index (χ0n) is 20.7. The second-order valence-corrected chi connectivity index (χ2v) is 9.48. The molecule has 9 heteroatoms. The van der Waals surface area contributed by atoms with Crippen molar-refractivity contribution in [1.29, 1.82) is 0 Å². The van der Waals surface area contributed by atoms with E-state index in [2.05, 4.69) is 21.2 Å². The Morgan fingerprint density at radius 1 is 0.949 bits per heavy atom. The van der Waals surface area contributed by atoms with Gasteiger partial charge in [0.2, 0.25) is 0 Å². The number of carbonyl (C=O) groups excluding carboxylic acids is 3. The van der Waals surface area contributed by atoms with Gasteiger partial charge in [-0.05, 0) is 87.2 Å². The van der Waals surface area contributed by atoms with E-state index in [9.17, 15) is 18.8 Å². The minimum absolute atomic E-state index is 0.130. The number of halogens is 2. The van der Waals surface area contributed by atoms with E-state index in [1.807, 2.05) is 49.4 Å². The predicted octanol–water partition coefficient (Wildman–Crippen LogP) is 6.39. The highest BCUT2D eigenvalue weighted by Gasteiger charge is 2.37. The molecule has 1 fully saturated rings. The molecule has 1 heterocycles. The fraction of sp³-hybridized carbons (Fsp3) is 0.100. The van der Waals surface area contributed by atoms with Gasteiger partial charge in [0.15, 0.2) is 11.5 Å². The fourth-order valence-corrected chi connectivity index (χ4v) is 4.87. The first-order chi connectivity index (χ1) is 18.9. The van der Waals surface area contributed by atoms with Crippen LogP contribution >= 0.6 is 15.9 Å². The minimum Gasteiger partial charge on any atom is -0.490 e. The van der Waals surface area contributed by atoms with Gasteiger partial charge in [-0.1, -0.05) is 42.5 Å². The van der Waals surface area contributed by atoms with Gasteiger partial charge in [-0.2, -0.15) is 0 Å². The lowest BCUT2D eigenvalue weighted by Gasteiger charge is -2.26. The van der Waals surface area contributed by atoms with Crippen LogP contribution in [-0.2, 0) is 16.2 Å². The molecule has 4 aromatic rings. The van der Waals surface area contributed by atoms with Gasteiger partial charge >= 0.3 is 6.03 Å². The van der Waals surface area contributed by atoms with Gasteiger partial charge in [0.25, 0.3) is 11.8 Å². The number of ether oxygens (including phenoxy) is 2. The van der Waals surface area contributed by atoms with Crippen LogP contribution in [0.5, 0.6) is 11.5 Å². The summed E-state index contributed by atoms with van der Waals surface area (Å²) in [6.07, 6.45) is 1.36. The van der Waals surface area contributed by atoms with Gasteiger partial charge in [-0.25, -0.2) is 14.1 Å². The summed E-state index contributed by atoms with van der Waals surface area (Å²) >= 11 is 3.53. The van der Waals surface area contributed by atoms with Crippen LogP contribution in [0.15, 0.2) is 88.9 Å². The Morgan fingerprint density at radius 2 is 1.69 bits per heavy atom. The average molecular weight is 589 g/mol. The minimum atomic E-state index is -0.915. The third-order valence-electron chi connectivity index (χ3n) is 6.08. The van der Waals surface area contributed by atoms with E-state index in [4.69, 9.17) is 9.47 Å². The molecule has 1 aliphatic rings. The monoisotopic (exact) mass is 588 g/mol. The summed E-state index contributed by atoms with van der Waals surface area (Å²) in [7, 11) is 0. The van der Waals surface area contributed by atoms with Gasteiger partial charge in [-0.3, -0.25) is 14.9 Å². The summed E-state index contributed by atoms with van der Waals surface area (Å²) in [5, 5.41) is 4.35. The maximum absolute atomic E-state index is 13.4. The Morgan fingerprint density at radius 3 is 2.46 bits per heavy atom. The smallest absolute Gasteiger partial charge is 0.335 e. The molecule has 4 amide bonds. The van der Waals surface area contributed by atoms with Crippen molar-refractivity contribution in [1.82, 2.24) is 5.32 Å². The third-order valence-corrected chi connectivity index (χ3v) is 6.67. The van der Waals surface area contributed by atoms with Crippen molar-refractivity contribution < 1.29 is 28.2 Å². The predicted molar refractivity (Wildman–Crippen MR) is 149 cm³/mol. The highest BCUT2D eigenvalue weighted by atomic mass is 79.9. The molecule has 0 aliphatic carbocycles. The van der Waals surface area contributed by atoms with Gasteiger partial charge in [0, 0.05) is 0 Å². The third kappa shape index (κ3) is 5.39. The number of carbonyl (C=O) groups is 3. The molecule has 1 saturated heterocycles. The van der Waals surface area contributed by atoms with Gasteiger partial charge in [-0.15, -0.1) is 0 Å². The quantitative estimate of drug-likeness (QED) is 0.200. The number of nitrogens with zero attached hydrogens (tertiary/aromatic N) is 1. The van der Waals surface area contributed by atoms with E-state index in [0.29, 0.717) is 28.1 Å². The maximum atomic E-state index is 13.4. The molecule has 0 spiro atoms. The van der Waals surface area contributed by atoms with Gasteiger partial charge in [0.1, 0.15) is 18.0 Å². The molecule has 39 heavy (non-hydrogen) atoms. The van der Waals surface area contributed by atoms with E-state index in [0.717, 1.165) is 33.4 Å². The van der Waals surface area contributed by atoms with Crippen molar-refractivity contribution in [2.45, 2.75) is 13.5 Å². The van der Waals surface area contributed by atoms with Crippen LogP contribution in [0.2, 0.25) is 0 Å². The molecule has 0 aromatic heterocycles. The molecule has 5 rings (SSSR count). The number of urea groups is 1. The topological polar surface area (TPSA) is 84.9 Å². The number of benzene rings is 4. The van der Waals surface area contributed by atoms with Crippen molar-refractivity contribution in [2.75, 3.05) is 11.5 Å². The summed E-state index contributed by atoms with van der Waals surface area (Å²) in [5.74, 6) is -1.32. The van der Waals surface area contributed by atoms with E-state index in [-0.39, 0.29) is 17.9 Å². The van der Waals surface area contributed by atoms with Crippen molar-refractivity contribution in [2.24, 2.45) is 0 Å². The lowest BCUT2D eigenvalue weighted by Crippen LogP contribution is -2.54. The Labute approximate surface area is 232 Å². The Balaban J connectivity index is 1.46. The Bertz CT molecular complexity index is 1630. The van der Waals surface area contributed by atoms with E-state index < -0.39 is 23.7 Å². The molecule has 0 bridgehead atoms. The highest BCUT2D eigenvalue weighted by Crippen LogP contribution is 2.38. The van der Waals surface area contributed by atoms with Crippen LogP contribution in [0.3, 0.4) is 0 Å².